The lowest BCUT2D eigenvalue weighted by Crippen LogP contribution is -2.51. The second-order valence-electron chi connectivity index (χ2n) is 7.71. The summed E-state index contributed by atoms with van der Waals surface area (Å²) >= 11 is 18.7. The fraction of sp³-hybridized carbons (Fsp3) is 0.208. The minimum absolute atomic E-state index is 0.0625. The van der Waals surface area contributed by atoms with E-state index in [1.165, 1.54) is 0 Å². The monoisotopic (exact) mass is 488 g/mol. The number of nitrogens with two attached hydrogens (primary N) is 1. The Morgan fingerprint density at radius 2 is 1.62 bits per heavy atom. The van der Waals surface area contributed by atoms with E-state index >= 15 is 0 Å². The average molecular weight is 490 g/mol. The van der Waals surface area contributed by atoms with Crippen LogP contribution in [-0.2, 0) is 11.2 Å². The molecule has 4 rings (SSSR count). The van der Waals surface area contributed by atoms with Crippen molar-refractivity contribution in [1.29, 1.82) is 0 Å². The fourth-order valence-electron chi connectivity index (χ4n) is 3.99. The van der Waals surface area contributed by atoms with E-state index in [1.807, 2.05) is 65.6 Å². The van der Waals surface area contributed by atoms with E-state index < -0.39 is 0 Å². The van der Waals surface area contributed by atoms with Crippen molar-refractivity contribution in [1.82, 2.24) is 4.90 Å². The third-order valence-corrected chi connectivity index (χ3v) is 6.47. The van der Waals surface area contributed by atoms with Crippen molar-refractivity contribution < 1.29 is 4.79 Å². The molecule has 0 aliphatic carbocycles. The molecule has 1 fully saturated rings. The molecule has 1 aliphatic heterocycles. The van der Waals surface area contributed by atoms with Gasteiger partial charge in [-0.15, -0.1) is 0 Å². The number of piperazine rings is 1. The van der Waals surface area contributed by atoms with Crippen molar-refractivity contribution in [3.63, 3.8) is 0 Å². The van der Waals surface area contributed by atoms with Crippen LogP contribution in [0.2, 0.25) is 15.1 Å². The van der Waals surface area contributed by atoms with Gasteiger partial charge in [-0.25, -0.2) is 0 Å². The summed E-state index contributed by atoms with van der Waals surface area (Å²) in [5.74, 6) is 5.51. The molecule has 1 amide bonds. The quantitative estimate of drug-likeness (QED) is 0.363. The highest BCUT2D eigenvalue weighted by Gasteiger charge is 2.31. The molecule has 1 atom stereocenters. The number of amides is 1. The third kappa shape index (κ3) is 5.13. The summed E-state index contributed by atoms with van der Waals surface area (Å²) in [6, 6.07) is 20.7. The van der Waals surface area contributed by atoms with Crippen LogP contribution in [0.5, 0.6) is 0 Å². The van der Waals surface area contributed by atoms with Crippen LogP contribution in [0.3, 0.4) is 0 Å². The highest BCUT2D eigenvalue weighted by atomic mass is 35.5. The van der Waals surface area contributed by atoms with Gasteiger partial charge in [0, 0.05) is 35.4 Å². The number of carbonyl (C=O) groups excluding carboxylic acids is 1. The number of nitrogens with one attached hydrogen (secondary N) is 1. The van der Waals surface area contributed by atoms with Crippen molar-refractivity contribution in [2.45, 2.75) is 12.5 Å². The summed E-state index contributed by atoms with van der Waals surface area (Å²) in [6.45, 7) is 1.79. The molecular weight excluding hydrogens is 467 g/mol. The van der Waals surface area contributed by atoms with Crippen molar-refractivity contribution >= 4 is 52.1 Å². The molecule has 1 aliphatic rings. The predicted molar refractivity (Wildman–Crippen MR) is 133 cm³/mol. The molecule has 3 N–H and O–H groups in total. The first-order valence-corrected chi connectivity index (χ1v) is 11.4. The maximum atomic E-state index is 13.1. The Kier molecular flexibility index (Phi) is 7.11. The molecule has 8 heteroatoms. The van der Waals surface area contributed by atoms with E-state index in [0.29, 0.717) is 41.1 Å². The minimum Gasteiger partial charge on any atom is -0.360 e. The summed E-state index contributed by atoms with van der Waals surface area (Å²) in [7, 11) is 0. The number of carbonyl (C=O) groups is 1. The van der Waals surface area contributed by atoms with E-state index in [1.54, 1.807) is 6.07 Å². The van der Waals surface area contributed by atoms with Gasteiger partial charge in [-0.1, -0.05) is 59.1 Å². The van der Waals surface area contributed by atoms with Crippen LogP contribution in [0, 0.1) is 0 Å². The largest absolute Gasteiger partial charge is 0.360 e. The van der Waals surface area contributed by atoms with Gasteiger partial charge in [0.25, 0.3) is 0 Å². The molecule has 1 saturated heterocycles. The molecule has 166 valence electrons. The topological polar surface area (TPSA) is 61.6 Å². The molecule has 1 heterocycles. The molecule has 5 nitrogen and oxygen atoms in total. The molecule has 0 aromatic heterocycles. The lowest BCUT2D eigenvalue weighted by atomic mass is 10.0. The number of rotatable bonds is 5. The van der Waals surface area contributed by atoms with Crippen molar-refractivity contribution in [3.8, 4) is 0 Å². The molecule has 0 bridgehead atoms. The smallest absolute Gasteiger partial charge is 0.227 e. The van der Waals surface area contributed by atoms with Gasteiger partial charge < -0.3 is 15.2 Å². The van der Waals surface area contributed by atoms with Crippen molar-refractivity contribution in [2.24, 2.45) is 5.84 Å². The fourth-order valence-corrected chi connectivity index (χ4v) is 4.63. The van der Waals surface area contributed by atoms with Gasteiger partial charge in [0.1, 0.15) is 0 Å². The van der Waals surface area contributed by atoms with Crippen LogP contribution >= 0.6 is 34.8 Å². The van der Waals surface area contributed by atoms with Crippen LogP contribution < -0.4 is 16.2 Å². The first-order chi connectivity index (χ1) is 15.4. The zero-order valence-corrected chi connectivity index (χ0v) is 19.5. The van der Waals surface area contributed by atoms with Gasteiger partial charge in [0.2, 0.25) is 5.91 Å². The summed E-state index contributed by atoms with van der Waals surface area (Å²) in [5, 5.41) is 1.85. The number of benzene rings is 3. The van der Waals surface area contributed by atoms with Crippen LogP contribution in [-0.4, -0.2) is 30.4 Å². The Morgan fingerprint density at radius 3 is 2.28 bits per heavy atom. The standard InChI is InChI=1S/C24H23Cl3N4O/c25-18-5-3-17(4-6-18)23-15-30(24(32)13-16-1-8-20(29-28)9-2-16)11-12-31(23)22-10-7-19(26)14-21(22)27/h1-10,14,23,29H,11-13,15,28H2. The number of hydrazine groups is 1. The number of nitrogen functional groups attached to an aromatic ring is 1. The Labute approximate surface area is 202 Å². The zero-order valence-electron chi connectivity index (χ0n) is 17.3. The van der Waals surface area contributed by atoms with Gasteiger partial charge in [-0.3, -0.25) is 10.6 Å². The summed E-state index contributed by atoms with van der Waals surface area (Å²) < 4.78 is 0. The van der Waals surface area contributed by atoms with E-state index in [9.17, 15) is 4.79 Å². The van der Waals surface area contributed by atoms with E-state index in [2.05, 4.69) is 10.3 Å². The lowest BCUT2D eigenvalue weighted by molar-refractivity contribution is -0.131. The van der Waals surface area contributed by atoms with E-state index in [0.717, 1.165) is 22.5 Å². The molecular formula is C24H23Cl3N4O. The summed E-state index contributed by atoms with van der Waals surface area (Å²) in [6.07, 6.45) is 0.333. The Hall–Kier alpha value is -2.44. The van der Waals surface area contributed by atoms with Crippen LogP contribution in [0.25, 0.3) is 0 Å². The van der Waals surface area contributed by atoms with Crippen molar-refractivity contribution in [2.75, 3.05) is 30.0 Å². The lowest BCUT2D eigenvalue weighted by Gasteiger charge is -2.43. The highest BCUT2D eigenvalue weighted by molar-refractivity contribution is 6.36. The normalized spacial score (nSPS) is 16.2. The number of nitrogens with zero attached hydrogens (tertiary/aromatic N) is 2. The van der Waals surface area contributed by atoms with Crippen LogP contribution in [0.1, 0.15) is 17.2 Å². The zero-order chi connectivity index (χ0) is 22.7. The molecule has 0 saturated carbocycles. The van der Waals surface area contributed by atoms with Gasteiger partial charge in [-0.2, -0.15) is 0 Å². The third-order valence-electron chi connectivity index (χ3n) is 5.68. The minimum atomic E-state index is -0.0625. The van der Waals surface area contributed by atoms with Gasteiger partial charge >= 0.3 is 0 Å². The summed E-state index contributed by atoms with van der Waals surface area (Å²) in [5.41, 5.74) is 6.31. The number of halogens is 3. The first kappa shape index (κ1) is 22.7. The second kappa shape index (κ2) is 10.0. The average Bonchev–Trinajstić information content (AvgIpc) is 2.80. The predicted octanol–water partition coefficient (Wildman–Crippen LogP) is 5.57. The molecule has 3 aromatic carbocycles. The van der Waals surface area contributed by atoms with E-state index in [-0.39, 0.29) is 11.9 Å². The van der Waals surface area contributed by atoms with Crippen LogP contribution in [0.15, 0.2) is 66.7 Å². The van der Waals surface area contributed by atoms with Crippen LogP contribution in [0.4, 0.5) is 11.4 Å². The SMILES string of the molecule is NNc1ccc(CC(=O)N2CCN(c3ccc(Cl)cc3Cl)C(c3ccc(Cl)cc3)C2)cc1. The summed E-state index contributed by atoms with van der Waals surface area (Å²) in [4.78, 5) is 17.3. The second-order valence-corrected chi connectivity index (χ2v) is 8.99. The number of hydrogen-bond donors (Lipinski definition) is 2. The number of hydrogen-bond acceptors (Lipinski definition) is 4. The Balaban J connectivity index is 1.57. The molecule has 0 spiro atoms. The number of anilines is 2. The molecule has 32 heavy (non-hydrogen) atoms. The maximum absolute atomic E-state index is 13.1. The van der Waals surface area contributed by atoms with Gasteiger partial charge in [-0.05, 0) is 53.6 Å². The first-order valence-electron chi connectivity index (χ1n) is 10.2. The highest BCUT2D eigenvalue weighted by Crippen LogP contribution is 2.37. The van der Waals surface area contributed by atoms with Gasteiger partial charge in [0.05, 0.1) is 23.2 Å². The Bertz CT molecular complexity index is 1090. The molecule has 1 unspecified atom stereocenters. The molecule has 0 radical (unpaired) electrons. The van der Waals surface area contributed by atoms with Gasteiger partial charge in [0.15, 0.2) is 0 Å². The Morgan fingerprint density at radius 1 is 0.938 bits per heavy atom. The van der Waals surface area contributed by atoms with E-state index in [4.69, 9.17) is 40.6 Å². The molecule has 3 aromatic rings. The van der Waals surface area contributed by atoms with Crippen molar-refractivity contribution in [3.05, 3.63) is 92.9 Å². The maximum Gasteiger partial charge on any atom is 0.227 e.